The average molecular weight is 474 g/mol. The first kappa shape index (κ1) is 21.4. The van der Waals surface area contributed by atoms with Gasteiger partial charge in [-0.1, -0.05) is 47.7 Å². The van der Waals surface area contributed by atoms with E-state index in [9.17, 15) is 4.79 Å². The van der Waals surface area contributed by atoms with Gasteiger partial charge in [0, 0.05) is 30.1 Å². The zero-order chi connectivity index (χ0) is 23.4. The number of benzene rings is 2. The van der Waals surface area contributed by atoms with E-state index in [2.05, 4.69) is 40.2 Å². The Morgan fingerprint density at radius 2 is 1.88 bits per heavy atom. The van der Waals surface area contributed by atoms with Crippen LogP contribution in [0.3, 0.4) is 0 Å². The van der Waals surface area contributed by atoms with E-state index >= 15 is 4.39 Å². The topological polar surface area (TPSA) is 66.3 Å². The minimum atomic E-state index is -0.769. The molecule has 0 bridgehead atoms. The number of nitrogens with zero attached hydrogens (tertiary/aromatic N) is 3. The number of carboxylic acids is 1. The van der Waals surface area contributed by atoms with Crippen molar-refractivity contribution in [3.8, 4) is 10.6 Å². The second-order valence-corrected chi connectivity index (χ2v) is 10.4. The van der Waals surface area contributed by atoms with Crippen LogP contribution in [0, 0.1) is 11.7 Å². The summed E-state index contributed by atoms with van der Waals surface area (Å²) < 4.78 is 15.1. The van der Waals surface area contributed by atoms with E-state index in [1.54, 1.807) is 12.1 Å². The zero-order valence-corrected chi connectivity index (χ0v) is 19.6. The van der Waals surface area contributed by atoms with Crippen molar-refractivity contribution in [1.82, 2.24) is 14.9 Å². The lowest BCUT2D eigenvalue weighted by atomic mass is 9.92. The zero-order valence-electron chi connectivity index (χ0n) is 18.7. The number of halogens is 1. The molecule has 3 heterocycles. The van der Waals surface area contributed by atoms with Gasteiger partial charge < -0.3 is 5.11 Å². The van der Waals surface area contributed by atoms with Crippen LogP contribution < -0.4 is 0 Å². The van der Waals surface area contributed by atoms with Crippen molar-refractivity contribution >= 4 is 27.7 Å². The Balaban J connectivity index is 1.27. The number of pyridine rings is 1. The summed E-state index contributed by atoms with van der Waals surface area (Å²) in [4.78, 5) is 23.6. The van der Waals surface area contributed by atoms with Crippen LogP contribution in [0.1, 0.15) is 42.6 Å². The Morgan fingerprint density at radius 3 is 2.56 bits per heavy atom. The van der Waals surface area contributed by atoms with Crippen molar-refractivity contribution in [2.45, 2.75) is 31.2 Å². The summed E-state index contributed by atoms with van der Waals surface area (Å²) in [6.07, 6.45) is 2.17. The number of aliphatic carboxylic acids is 1. The first-order chi connectivity index (χ1) is 16.4. The molecule has 5 nitrogen and oxygen atoms in total. The third kappa shape index (κ3) is 3.51. The van der Waals surface area contributed by atoms with Gasteiger partial charge in [0.1, 0.15) is 21.2 Å². The quantitative estimate of drug-likeness (QED) is 0.392. The second-order valence-electron chi connectivity index (χ2n) is 9.39. The molecule has 1 saturated heterocycles. The number of likely N-dealkylation sites (tertiary alicyclic amines) is 1. The molecule has 0 radical (unpaired) electrons. The maximum atomic E-state index is 15.1. The number of hydrogen-bond acceptors (Lipinski definition) is 5. The molecule has 2 aliphatic rings. The third-order valence-corrected chi connectivity index (χ3v) is 8.33. The highest BCUT2D eigenvalue weighted by Gasteiger charge is 2.47. The van der Waals surface area contributed by atoms with Gasteiger partial charge in [-0.05, 0) is 55.2 Å². The van der Waals surface area contributed by atoms with E-state index in [0.29, 0.717) is 23.7 Å². The SMILES string of the molecule is C[C@@H](c1ccc(-c2nc3ccc(C4(c5ccccc5)CC4)nc3s2)c(F)c1)N1CC(C(=O)O)C1. The highest BCUT2D eigenvalue weighted by molar-refractivity contribution is 7.21. The third-order valence-electron chi connectivity index (χ3n) is 7.33. The van der Waals surface area contributed by atoms with E-state index in [-0.39, 0.29) is 23.2 Å². The van der Waals surface area contributed by atoms with Crippen molar-refractivity contribution in [2.75, 3.05) is 13.1 Å². The van der Waals surface area contributed by atoms with E-state index in [1.807, 2.05) is 25.1 Å². The van der Waals surface area contributed by atoms with E-state index in [0.717, 1.165) is 34.4 Å². The van der Waals surface area contributed by atoms with Crippen molar-refractivity contribution in [3.05, 3.63) is 83.3 Å². The predicted octanol–water partition coefficient (Wildman–Crippen LogP) is 5.65. The molecular weight excluding hydrogens is 449 g/mol. The molecule has 0 spiro atoms. The summed E-state index contributed by atoms with van der Waals surface area (Å²) in [5.41, 5.74) is 4.42. The number of thiazole rings is 1. The van der Waals surface area contributed by atoms with Gasteiger partial charge in [0.05, 0.1) is 11.6 Å². The maximum Gasteiger partial charge on any atom is 0.309 e. The smallest absolute Gasteiger partial charge is 0.309 e. The van der Waals surface area contributed by atoms with Crippen LogP contribution in [0.2, 0.25) is 0 Å². The molecule has 172 valence electrons. The molecule has 0 amide bonds. The minimum Gasteiger partial charge on any atom is -0.481 e. The number of aromatic nitrogens is 2. The van der Waals surface area contributed by atoms with Gasteiger partial charge in [-0.15, -0.1) is 0 Å². The van der Waals surface area contributed by atoms with Gasteiger partial charge in [0.15, 0.2) is 0 Å². The number of carboxylic acid groups (broad SMARTS) is 1. The van der Waals surface area contributed by atoms with Crippen LogP contribution in [0.5, 0.6) is 0 Å². The molecule has 4 aromatic rings. The molecule has 1 N–H and O–H groups in total. The van der Waals surface area contributed by atoms with Gasteiger partial charge in [0.25, 0.3) is 0 Å². The molecule has 1 saturated carbocycles. The molecule has 6 rings (SSSR count). The summed E-state index contributed by atoms with van der Waals surface area (Å²) in [5, 5.41) is 9.72. The highest BCUT2D eigenvalue weighted by Crippen LogP contribution is 2.53. The average Bonchev–Trinajstić information content (AvgIpc) is 3.51. The van der Waals surface area contributed by atoms with Crippen molar-refractivity contribution < 1.29 is 14.3 Å². The number of hydrogen-bond donors (Lipinski definition) is 1. The van der Waals surface area contributed by atoms with Crippen LogP contribution in [0.15, 0.2) is 60.7 Å². The molecule has 34 heavy (non-hydrogen) atoms. The summed E-state index contributed by atoms with van der Waals surface area (Å²) in [5.74, 6) is -1.42. The van der Waals surface area contributed by atoms with Gasteiger partial charge in [-0.25, -0.2) is 14.4 Å². The lowest BCUT2D eigenvalue weighted by Gasteiger charge is -2.41. The molecule has 2 aromatic heterocycles. The van der Waals surface area contributed by atoms with Crippen molar-refractivity contribution in [1.29, 1.82) is 0 Å². The Morgan fingerprint density at radius 1 is 1.12 bits per heavy atom. The Hall–Kier alpha value is -3.16. The lowest BCUT2D eigenvalue weighted by molar-refractivity contribution is -0.148. The molecule has 2 aromatic carbocycles. The molecular formula is C27H24FN3O2S. The summed E-state index contributed by atoms with van der Waals surface area (Å²) >= 11 is 1.42. The molecule has 1 atom stereocenters. The monoisotopic (exact) mass is 473 g/mol. The fraction of sp³-hybridized carbons (Fsp3) is 0.296. The van der Waals surface area contributed by atoms with Gasteiger partial charge >= 0.3 is 5.97 Å². The molecule has 2 fully saturated rings. The molecule has 7 heteroatoms. The van der Waals surface area contributed by atoms with E-state index in [1.165, 1.54) is 16.9 Å². The normalized spacial score (nSPS) is 18.5. The Kier molecular flexibility index (Phi) is 5.00. The number of carbonyl (C=O) groups is 1. The van der Waals surface area contributed by atoms with Gasteiger partial charge in [0.2, 0.25) is 0 Å². The fourth-order valence-electron chi connectivity index (χ4n) is 4.93. The Labute approximate surface area is 200 Å². The van der Waals surface area contributed by atoms with E-state index in [4.69, 9.17) is 10.1 Å². The Bertz CT molecular complexity index is 1390. The first-order valence-electron chi connectivity index (χ1n) is 11.5. The first-order valence-corrected chi connectivity index (χ1v) is 12.4. The van der Waals surface area contributed by atoms with Crippen LogP contribution in [-0.4, -0.2) is 39.0 Å². The molecule has 1 aliphatic carbocycles. The van der Waals surface area contributed by atoms with Crippen molar-refractivity contribution in [3.63, 3.8) is 0 Å². The van der Waals surface area contributed by atoms with Crippen LogP contribution in [0.4, 0.5) is 4.39 Å². The standard InChI is InChI=1S/C27H24FN3O2S/c1-16(31-14-18(15-31)26(32)33)17-7-8-20(21(28)13-17)24-29-22-9-10-23(30-25(22)34-24)27(11-12-27)19-5-3-2-4-6-19/h2-10,13,16,18H,11-12,14-15H2,1H3,(H,32,33)/t16-/m0/s1. The largest absolute Gasteiger partial charge is 0.481 e. The van der Waals surface area contributed by atoms with Crippen LogP contribution in [-0.2, 0) is 10.2 Å². The highest BCUT2D eigenvalue weighted by atomic mass is 32.1. The van der Waals surface area contributed by atoms with Crippen molar-refractivity contribution in [2.24, 2.45) is 5.92 Å². The molecule has 0 unspecified atom stereocenters. The van der Waals surface area contributed by atoms with Gasteiger partial charge in [-0.3, -0.25) is 9.69 Å². The van der Waals surface area contributed by atoms with E-state index < -0.39 is 5.97 Å². The van der Waals surface area contributed by atoms with Gasteiger partial charge in [-0.2, -0.15) is 0 Å². The number of rotatable bonds is 6. The predicted molar refractivity (Wildman–Crippen MR) is 130 cm³/mol. The maximum absolute atomic E-state index is 15.1. The fourth-order valence-corrected chi connectivity index (χ4v) is 5.90. The van der Waals surface area contributed by atoms with Crippen LogP contribution >= 0.6 is 11.3 Å². The summed E-state index contributed by atoms with van der Waals surface area (Å²) in [6.45, 7) is 2.97. The lowest BCUT2D eigenvalue weighted by Crippen LogP contribution is -2.51. The minimum absolute atomic E-state index is 0.0147. The van der Waals surface area contributed by atoms with Crippen LogP contribution in [0.25, 0.3) is 20.9 Å². The second kappa shape index (κ2) is 7.96. The summed E-state index contributed by atoms with van der Waals surface area (Å²) in [7, 11) is 0. The number of fused-ring (bicyclic) bond motifs is 1. The summed E-state index contributed by atoms with van der Waals surface area (Å²) in [6, 6.07) is 19.8. The molecule has 1 aliphatic heterocycles.